The summed E-state index contributed by atoms with van der Waals surface area (Å²) in [6.45, 7) is 2.50. The van der Waals surface area contributed by atoms with E-state index in [9.17, 15) is 4.79 Å². The standard InChI is InChI=1S/C23H25N5O/c1-26(2)19-5-3-4-17(12-19)23(29)27-14-18-8-11-28-21(16-6-9-24-10-7-16)13-25-22(28)20(18)15-27/h3-7,9-10,12-13,18,20H,8,11,14-15H2,1-2H3/t18-,20-/m1/s1. The van der Waals surface area contributed by atoms with E-state index in [0.29, 0.717) is 11.8 Å². The molecule has 2 aliphatic rings. The Kier molecular flexibility index (Phi) is 4.34. The predicted molar refractivity (Wildman–Crippen MR) is 113 cm³/mol. The summed E-state index contributed by atoms with van der Waals surface area (Å²) in [6, 6.07) is 11.9. The van der Waals surface area contributed by atoms with E-state index in [4.69, 9.17) is 4.98 Å². The third kappa shape index (κ3) is 3.09. The molecular formula is C23H25N5O. The van der Waals surface area contributed by atoms with Crippen LogP contribution >= 0.6 is 0 Å². The highest BCUT2D eigenvalue weighted by atomic mass is 16.2. The minimum Gasteiger partial charge on any atom is -0.378 e. The van der Waals surface area contributed by atoms with Gasteiger partial charge in [0.25, 0.3) is 5.91 Å². The molecule has 29 heavy (non-hydrogen) atoms. The van der Waals surface area contributed by atoms with Crippen LogP contribution in [0.5, 0.6) is 0 Å². The second-order valence-electron chi connectivity index (χ2n) is 8.20. The summed E-state index contributed by atoms with van der Waals surface area (Å²) >= 11 is 0. The summed E-state index contributed by atoms with van der Waals surface area (Å²) in [5, 5.41) is 0. The van der Waals surface area contributed by atoms with Gasteiger partial charge in [-0.2, -0.15) is 0 Å². The lowest BCUT2D eigenvalue weighted by Crippen LogP contribution is -2.29. The summed E-state index contributed by atoms with van der Waals surface area (Å²) in [5.74, 6) is 2.03. The molecule has 1 fully saturated rings. The van der Waals surface area contributed by atoms with Gasteiger partial charge in [-0.15, -0.1) is 0 Å². The van der Waals surface area contributed by atoms with E-state index in [1.807, 2.05) is 78.9 Å². The first-order valence-electron chi connectivity index (χ1n) is 10.1. The van der Waals surface area contributed by atoms with E-state index in [2.05, 4.69) is 9.55 Å². The fourth-order valence-electron chi connectivity index (χ4n) is 4.69. The molecule has 4 heterocycles. The lowest BCUT2D eigenvalue weighted by atomic mass is 9.89. The van der Waals surface area contributed by atoms with E-state index in [1.165, 1.54) is 0 Å². The van der Waals surface area contributed by atoms with Gasteiger partial charge in [0.05, 0.1) is 11.9 Å². The lowest BCUT2D eigenvalue weighted by molar-refractivity contribution is 0.0786. The van der Waals surface area contributed by atoms with E-state index < -0.39 is 0 Å². The summed E-state index contributed by atoms with van der Waals surface area (Å²) in [4.78, 5) is 26.1. The van der Waals surface area contributed by atoms with Crippen molar-refractivity contribution in [2.24, 2.45) is 5.92 Å². The average Bonchev–Trinajstić information content (AvgIpc) is 3.38. The van der Waals surface area contributed by atoms with Crippen molar-refractivity contribution in [3.8, 4) is 11.3 Å². The molecule has 0 unspecified atom stereocenters. The molecule has 2 aliphatic heterocycles. The Balaban J connectivity index is 1.40. The normalized spacial score (nSPS) is 20.3. The van der Waals surface area contributed by atoms with Crippen molar-refractivity contribution >= 4 is 11.6 Å². The van der Waals surface area contributed by atoms with Crippen LogP contribution in [-0.2, 0) is 6.54 Å². The number of hydrogen-bond acceptors (Lipinski definition) is 4. The Morgan fingerprint density at radius 1 is 1.14 bits per heavy atom. The van der Waals surface area contributed by atoms with Crippen molar-refractivity contribution < 1.29 is 4.79 Å². The molecule has 0 spiro atoms. The number of amides is 1. The molecule has 6 heteroatoms. The number of carbonyl (C=O) groups excluding carboxylic acids is 1. The monoisotopic (exact) mass is 387 g/mol. The molecule has 6 nitrogen and oxygen atoms in total. The zero-order valence-electron chi connectivity index (χ0n) is 16.8. The molecule has 2 aromatic heterocycles. The summed E-state index contributed by atoms with van der Waals surface area (Å²) in [7, 11) is 3.99. The number of pyridine rings is 1. The summed E-state index contributed by atoms with van der Waals surface area (Å²) < 4.78 is 2.33. The zero-order chi connectivity index (χ0) is 20.0. The van der Waals surface area contributed by atoms with Crippen LogP contribution in [0.25, 0.3) is 11.3 Å². The van der Waals surface area contributed by atoms with E-state index in [1.54, 1.807) is 0 Å². The van der Waals surface area contributed by atoms with Gasteiger partial charge < -0.3 is 14.4 Å². The first-order valence-corrected chi connectivity index (χ1v) is 10.1. The molecule has 0 N–H and O–H groups in total. The predicted octanol–water partition coefficient (Wildman–Crippen LogP) is 3.27. The van der Waals surface area contributed by atoms with Crippen LogP contribution in [0.3, 0.4) is 0 Å². The van der Waals surface area contributed by atoms with Gasteiger partial charge >= 0.3 is 0 Å². The van der Waals surface area contributed by atoms with Crippen molar-refractivity contribution in [3.63, 3.8) is 0 Å². The van der Waals surface area contributed by atoms with E-state index >= 15 is 0 Å². The molecule has 1 aromatic carbocycles. The molecule has 0 aliphatic carbocycles. The number of aromatic nitrogens is 3. The third-order valence-corrected chi connectivity index (χ3v) is 6.26. The van der Waals surface area contributed by atoms with Crippen LogP contribution in [0.15, 0.2) is 55.0 Å². The number of fused-ring (bicyclic) bond motifs is 3. The zero-order valence-corrected chi connectivity index (χ0v) is 16.8. The van der Waals surface area contributed by atoms with Crippen LogP contribution in [0.4, 0.5) is 5.69 Å². The van der Waals surface area contributed by atoms with E-state index in [-0.39, 0.29) is 5.91 Å². The number of nitrogens with zero attached hydrogens (tertiary/aromatic N) is 5. The quantitative estimate of drug-likeness (QED) is 0.692. The fraction of sp³-hybridized carbons (Fsp3) is 0.348. The largest absolute Gasteiger partial charge is 0.378 e. The highest BCUT2D eigenvalue weighted by Gasteiger charge is 2.41. The fourth-order valence-corrected chi connectivity index (χ4v) is 4.69. The number of carbonyl (C=O) groups is 1. The molecule has 0 bridgehead atoms. The number of rotatable bonds is 3. The van der Waals surface area contributed by atoms with Gasteiger partial charge in [0.2, 0.25) is 0 Å². The van der Waals surface area contributed by atoms with Crippen molar-refractivity contribution in [1.82, 2.24) is 19.4 Å². The minimum absolute atomic E-state index is 0.121. The van der Waals surface area contributed by atoms with Gasteiger partial charge in [0.1, 0.15) is 5.82 Å². The number of imidazole rings is 1. The first-order chi connectivity index (χ1) is 14.1. The third-order valence-electron chi connectivity index (χ3n) is 6.26. The SMILES string of the molecule is CN(C)c1cccc(C(=O)N2C[C@H]3CCn4c(-c5ccncc5)cnc4[C@@H]3C2)c1. The highest BCUT2D eigenvalue weighted by Crippen LogP contribution is 2.40. The summed E-state index contributed by atoms with van der Waals surface area (Å²) in [6.07, 6.45) is 6.68. The second kappa shape index (κ2) is 7.03. The Hall–Kier alpha value is -3.15. The maximum absolute atomic E-state index is 13.2. The van der Waals surface area contributed by atoms with Crippen molar-refractivity contribution in [3.05, 3.63) is 66.4 Å². The van der Waals surface area contributed by atoms with E-state index in [0.717, 1.165) is 54.4 Å². The highest BCUT2D eigenvalue weighted by molar-refractivity contribution is 5.95. The van der Waals surface area contributed by atoms with Crippen molar-refractivity contribution in [1.29, 1.82) is 0 Å². The Morgan fingerprint density at radius 3 is 2.76 bits per heavy atom. The molecule has 1 saturated heterocycles. The Bertz CT molecular complexity index is 1040. The Labute approximate surface area is 170 Å². The molecule has 2 atom stereocenters. The van der Waals surface area contributed by atoms with Gasteiger partial charge in [-0.25, -0.2) is 4.98 Å². The van der Waals surface area contributed by atoms with Gasteiger partial charge in [-0.05, 0) is 42.7 Å². The molecule has 0 radical (unpaired) electrons. The molecule has 5 rings (SSSR count). The maximum Gasteiger partial charge on any atom is 0.253 e. The van der Waals surface area contributed by atoms with Gasteiger partial charge in [-0.3, -0.25) is 9.78 Å². The molecule has 0 saturated carbocycles. The number of likely N-dealkylation sites (tertiary alicyclic amines) is 1. The van der Waals surface area contributed by atoms with Gasteiger partial charge in [0.15, 0.2) is 0 Å². The van der Waals surface area contributed by atoms with Crippen molar-refractivity contribution in [2.45, 2.75) is 18.9 Å². The second-order valence-corrected chi connectivity index (χ2v) is 8.20. The summed E-state index contributed by atoms with van der Waals surface area (Å²) in [5.41, 5.74) is 4.09. The molecule has 3 aromatic rings. The van der Waals surface area contributed by atoms with Crippen LogP contribution in [0.2, 0.25) is 0 Å². The maximum atomic E-state index is 13.2. The van der Waals surface area contributed by atoms with Crippen LogP contribution < -0.4 is 4.90 Å². The van der Waals surface area contributed by atoms with Crippen molar-refractivity contribution in [2.75, 3.05) is 32.1 Å². The topological polar surface area (TPSA) is 54.3 Å². The smallest absolute Gasteiger partial charge is 0.253 e. The van der Waals surface area contributed by atoms with Gasteiger partial charge in [0, 0.05) is 68.9 Å². The number of hydrogen-bond donors (Lipinski definition) is 0. The van der Waals surface area contributed by atoms with Crippen LogP contribution in [-0.4, -0.2) is 52.5 Å². The lowest BCUT2D eigenvalue weighted by Gasteiger charge is -2.26. The number of anilines is 1. The van der Waals surface area contributed by atoms with Gasteiger partial charge in [-0.1, -0.05) is 6.07 Å². The minimum atomic E-state index is 0.121. The van der Waals surface area contributed by atoms with Crippen LogP contribution in [0.1, 0.15) is 28.5 Å². The molecular weight excluding hydrogens is 362 g/mol. The van der Waals surface area contributed by atoms with Crippen LogP contribution in [0, 0.1) is 5.92 Å². The average molecular weight is 387 g/mol. The number of benzene rings is 1. The molecule has 148 valence electrons. The Morgan fingerprint density at radius 2 is 1.97 bits per heavy atom. The first kappa shape index (κ1) is 17.9. The molecule has 1 amide bonds.